The number of rotatable bonds is 6. The van der Waals surface area contributed by atoms with Crippen molar-refractivity contribution in [1.82, 2.24) is 15.2 Å². The minimum atomic E-state index is -0.432. The average Bonchev–Trinajstić information content (AvgIpc) is 2.96. The van der Waals surface area contributed by atoms with Crippen molar-refractivity contribution in [1.29, 1.82) is 0 Å². The van der Waals surface area contributed by atoms with Crippen molar-refractivity contribution >= 4 is 35.0 Å². The summed E-state index contributed by atoms with van der Waals surface area (Å²) in [4.78, 5) is 16.8. The molecule has 0 atom stereocenters. The van der Waals surface area contributed by atoms with Crippen molar-refractivity contribution in [2.24, 2.45) is 0 Å². The first kappa shape index (κ1) is 16.6. The molecule has 1 heterocycles. The number of nitrogen functional groups attached to an aromatic ring is 1. The van der Waals surface area contributed by atoms with E-state index in [0.29, 0.717) is 32.9 Å². The van der Waals surface area contributed by atoms with E-state index in [1.807, 2.05) is 13.8 Å². The lowest BCUT2D eigenvalue weighted by molar-refractivity contribution is 0.0505. The lowest BCUT2D eigenvalue weighted by Gasteiger charge is -2.09. The van der Waals surface area contributed by atoms with Gasteiger partial charge >= 0.3 is 5.97 Å². The Labute approximate surface area is 137 Å². The minimum Gasteiger partial charge on any atom is -0.462 e. The molecule has 3 N–H and O–H groups in total. The van der Waals surface area contributed by atoms with Crippen LogP contribution >= 0.6 is 23.4 Å². The Kier molecular flexibility index (Phi) is 5.68. The number of carbonyl (C=O) groups excluding carboxylic acids is 1. The predicted octanol–water partition coefficient (Wildman–Crippen LogP) is 3.32. The Morgan fingerprint density at radius 2 is 2.23 bits per heavy atom. The predicted molar refractivity (Wildman–Crippen MR) is 86.3 cm³/mol. The fourth-order valence-corrected chi connectivity index (χ4v) is 2.80. The number of hydrogen-bond donors (Lipinski definition) is 2. The molecule has 0 amide bonds. The normalized spacial score (nSPS) is 10.7. The van der Waals surface area contributed by atoms with Gasteiger partial charge in [0.25, 0.3) is 0 Å². The van der Waals surface area contributed by atoms with Gasteiger partial charge in [-0.25, -0.2) is 9.78 Å². The molecule has 0 aliphatic rings. The Balaban J connectivity index is 2.21. The summed E-state index contributed by atoms with van der Waals surface area (Å²) in [6.45, 7) is 4.27. The third kappa shape index (κ3) is 3.92. The average molecular weight is 341 g/mol. The van der Waals surface area contributed by atoms with Gasteiger partial charge in [-0.05, 0) is 30.3 Å². The molecule has 22 heavy (non-hydrogen) atoms. The number of ether oxygens (including phenoxy) is 1. The first-order chi connectivity index (χ1) is 10.5. The molecule has 0 unspecified atom stereocenters. The molecule has 0 spiro atoms. The number of esters is 1. The molecule has 0 aliphatic carbocycles. The number of nitrogens with two attached hydrogens (primary N) is 1. The number of aromatic amines is 1. The quantitative estimate of drug-likeness (QED) is 0.618. The molecule has 118 valence electrons. The molecule has 1 aromatic heterocycles. The van der Waals surface area contributed by atoms with Gasteiger partial charge in [0.2, 0.25) is 5.16 Å². The van der Waals surface area contributed by atoms with Gasteiger partial charge in [-0.2, -0.15) is 0 Å². The van der Waals surface area contributed by atoms with Gasteiger partial charge in [0.05, 0.1) is 22.1 Å². The molecular weight excluding hydrogens is 324 g/mol. The number of aryl methyl sites for hydroxylation is 1. The van der Waals surface area contributed by atoms with Crippen molar-refractivity contribution in [2.45, 2.75) is 36.7 Å². The highest BCUT2D eigenvalue weighted by molar-refractivity contribution is 7.99. The zero-order valence-corrected chi connectivity index (χ0v) is 13.9. The van der Waals surface area contributed by atoms with Crippen LogP contribution in [0.15, 0.2) is 22.2 Å². The van der Waals surface area contributed by atoms with Gasteiger partial charge in [-0.3, -0.25) is 5.10 Å². The Bertz CT molecular complexity index is 652. The molecule has 6 nitrogen and oxygen atoms in total. The molecule has 0 aliphatic heterocycles. The first-order valence-corrected chi connectivity index (χ1v) is 8.09. The van der Waals surface area contributed by atoms with Gasteiger partial charge < -0.3 is 10.5 Å². The summed E-state index contributed by atoms with van der Waals surface area (Å²) in [5.74, 6) is 0.357. The van der Waals surface area contributed by atoms with Crippen LogP contribution in [0.5, 0.6) is 0 Å². The number of nitrogens with one attached hydrogen (secondary N) is 1. The van der Waals surface area contributed by atoms with E-state index in [-0.39, 0.29) is 0 Å². The topological polar surface area (TPSA) is 93.9 Å². The van der Waals surface area contributed by atoms with Crippen LogP contribution < -0.4 is 5.73 Å². The van der Waals surface area contributed by atoms with E-state index in [1.165, 1.54) is 11.8 Å². The number of nitrogens with zero attached hydrogens (tertiary/aromatic N) is 2. The number of benzene rings is 1. The number of anilines is 1. The van der Waals surface area contributed by atoms with E-state index in [1.54, 1.807) is 12.1 Å². The highest BCUT2D eigenvalue weighted by Gasteiger charge is 2.16. The van der Waals surface area contributed by atoms with E-state index >= 15 is 0 Å². The summed E-state index contributed by atoms with van der Waals surface area (Å²) in [6.07, 6.45) is 1.52. The van der Waals surface area contributed by atoms with Gasteiger partial charge in [0.1, 0.15) is 5.82 Å². The number of aromatic nitrogens is 3. The minimum absolute atomic E-state index is 0.338. The molecular formula is C14H17ClN4O2S. The monoisotopic (exact) mass is 340 g/mol. The summed E-state index contributed by atoms with van der Waals surface area (Å²) in [6, 6.07) is 3.10. The maximum absolute atomic E-state index is 11.8. The maximum atomic E-state index is 11.8. The van der Waals surface area contributed by atoms with E-state index in [2.05, 4.69) is 15.2 Å². The van der Waals surface area contributed by atoms with E-state index in [4.69, 9.17) is 22.1 Å². The van der Waals surface area contributed by atoms with Crippen LogP contribution in [0.3, 0.4) is 0 Å². The Morgan fingerprint density at radius 1 is 1.45 bits per heavy atom. The number of hydrogen-bond acceptors (Lipinski definition) is 6. The highest BCUT2D eigenvalue weighted by Crippen LogP contribution is 2.37. The summed E-state index contributed by atoms with van der Waals surface area (Å²) >= 11 is 7.48. The lowest BCUT2D eigenvalue weighted by Crippen LogP contribution is -2.07. The third-order valence-electron chi connectivity index (χ3n) is 2.78. The van der Waals surface area contributed by atoms with Crippen LogP contribution in [0.2, 0.25) is 5.02 Å². The standard InChI is InChI=1S/C14H17ClN4O2S/c1-3-5-21-13(20)8-6-9(15)12(10(16)7-8)22-14-17-11(4-2)18-19-14/h6-7H,3-5,16H2,1-2H3,(H,17,18,19). The molecule has 8 heteroatoms. The van der Waals surface area contributed by atoms with Crippen molar-refractivity contribution in [2.75, 3.05) is 12.3 Å². The number of H-pyrrole nitrogens is 1. The second-order valence-electron chi connectivity index (χ2n) is 4.53. The van der Waals surface area contributed by atoms with Crippen molar-refractivity contribution < 1.29 is 9.53 Å². The van der Waals surface area contributed by atoms with Crippen molar-refractivity contribution in [3.05, 3.63) is 28.5 Å². The Morgan fingerprint density at radius 3 is 2.82 bits per heavy atom. The maximum Gasteiger partial charge on any atom is 0.338 e. The lowest BCUT2D eigenvalue weighted by atomic mass is 10.2. The van der Waals surface area contributed by atoms with Crippen LogP contribution in [0.1, 0.15) is 36.5 Å². The fraction of sp³-hybridized carbons (Fsp3) is 0.357. The van der Waals surface area contributed by atoms with Crippen LogP contribution in [0.25, 0.3) is 0 Å². The molecule has 0 saturated carbocycles. The molecule has 1 aromatic carbocycles. The van der Waals surface area contributed by atoms with E-state index in [0.717, 1.165) is 18.7 Å². The highest BCUT2D eigenvalue weighted by atomic mass is 35.5. The van der Waals surface area contributed by atoms with Crippen LogP contribution in [0, 0.1) is 0 Å². The third-order valence-corrected chi connectivity index (χ3v) is 4.22. The van der Waals surface area contributed by atoms with E-state index in [9.17, 15) is 4.79 Å². The number of carbonyl (C=O) groups is 1. The van der Waals surface area contributed by atoms with Gasteiger partial charge in [-0.1, -0.05) is 25.4 Å². The molecule has 0 saturated heterocycles. The second-order valence-corrected chi connectivity index (χ2v) is 5.92. The van der Waals surface area contributed by atoms with Crippen LogP contribution in [-0.4, -0.2) is 27.8 Å². The SMILES string of the molecule is CCCOC(=O)c1cc(N)c(Sc2n[nH]c(CC)n2)c(Cl)c1. The van der Waals surface area contributed by atoms with Gasteiger partial charge in [-0.15, -0.1) is 5.10 Å². The number of halogens is 1. The van der Waals surface area contributed by atoms with Crippen LogP contribution in [-0.2, 0) is 11.2 Å². The first-order valence-electron chi connectivity index (χ1n) is 6.90. The molecule has 0 radical (unpaired) electrons. The van der Waals surface area contributed by atoms with Crippen molar-refractivity contribution in [3.63, 3.8) is 0 Å². The smallest absolute Gasteiger partial charge is 0.338 e. The van der Waals surface area contributed by atoms with Crippen molar-refractivity contribution in [3.8, 4) is 0 Å². The van der Waals surface area contributed by atoms with Gasteiger partial charge in [0, 0.05) is 12.1 Å². The fourth-order valence-electron chi connectivity index (χ4n) is 1.69. The zero-order valence-electron chi connectivity index (χ0n) is 12.4. The molecule has 2 rings (SSSR count). The summed E-state index contributed by atoms with van der Waals surface area (Å²) < 4.78 is 5.07. The summed E-state index contributed by atoms with van der Waals surface area (Å²) in [5.41, 5.74) is 6.73. The summed E-state index contributed by atoms with van der Waals surface area (Å²) in [5, 5.41) is 7.82. The molecule has 2 aromatic rings. The second kappa shape index (κ2) is 7.51. The van der Waals surface area contributed by atoms with Gasteiger partial charge in [0.15, 0.2) is 0 Å². The summed E-state index contributed by atoms with van der Waals surface area (Å²) in [7, 11) is 0. The molecule has 0 fully saturated rings. The van der Waals surface area contributed by atoms with E-state index < -0.39 is 5.97 Å². The Hall–Kier alpha value is -1.73. The zero-order chi connectivity index (χ0) is 16.1. The largest absolute Gasteiger partial charge is 0.462 e. The van der Waals surface area contributed by atoms with Crippen LogP contribution in [0.4, 0.5) is 5.69 Å². The molecule has 0 bridgehead atoms.